The summed E-state index contributed by atoms with van der Waals surface area (Å²) in [6.45, 7) is 0.828. The van der Waals surface area contributed by atoms with Crippen LogP contribution in [0.4, 0.5) is 0 Å². The summed E-state index contributed by atoms with van der Waals surface area (Å²) in [5.74, 6) is 0. The Bertz CT molecular complexity index is 342. The van der Waals surface area contributed by atoms with E-state index in [1.807, 2.05) is 0 Å². The molecule has 1 aliphatic carbocycles. The molecule has 88 valence electrons. The van der Waals surface area contributed by atoms with E-state index in [0.29, 0.717) is 5.41 Å². The molecule has 0 saturated heterocycles. The molecule has 0 aliphatic heterocycles. The standard InChI is InChI=1S/C14H20BrN/c15-13-7-3-2-6-12(13)10-14(11-16)8-4-1-5-9-14/h2-3,6-7H,1,4-5,8-11,16H2. The zero-order valence-electron chi connectivity index (χ0n) is 9.71. The maximum absolute atomic E-state index is 6.02. The molecular weight excluding hydrogens is 262 g/mol. The minimum atomic E-state index is 0.363. The molecule has 0 heterocycles. The monoisotopic (exact) mass is 281 g/mol. The van der Waals surface area contributed by atoms with Crippen molar-refractivity contribution in [3.05, 3.63) is 34.3 Å². The predicted octanol–water partition coefficient (Wildman–Crippen LogP) is 3.90. The largest absolute Gasteiger partial charge is 0.330 e. The Morgan fingerprint density at radius 3 is 2.44 bits per heavy atom. The van der Waals surface area contributed by atoms with Crippen LogP contribution in [0.25, 0.3) is 0 Å². The molecule has 1 nitrogen and oxygen atoms in total. The topological polar surface area (TPSA) is 26.0 Å². The molecule has 0 unspecified atom stereocenters. The highest BCUT2D eigenvalue weighted by atomic mass is 79.9. The minimum absolute atomic E-state index is 0.363. The number of hydrogen-bond acceptors (Lipinski definition) is 1. The lowest BCUT2D eigenvalue weighted by Gasteiger charge is -2.36. The minimum Gasteiger partial charge on any atom is -0.330 e. The van der Waals surface area contributed by atoms with Gasteiger partial charge in [-0.1, -0.05) is 53.4 Å². The van der Waals surface area contributed by atoms with Crippen LogP contribution in [0.2, 0.25) is 0 Å². The van der Waals surface area contributed by atoms with Crippen molar-refractivity contribution in [2.75, 3.05) is 6.54 Å². The maximum Gasteiger partial charge on any atom is 0.0207 e. The van der Waals surface area contributed by atoms with Crippen LogP contribution in [0.15, 0.2) is 28.7 Å². The molecule has 2 heteroatoms. The van der Waals surface area contributed by atoms with E-state index in [2.05, 4.69) is 40.2 Å². The molecular formula is C14H20BrN. The summed E-state index contributed by atoms with van der Waals surface area (Å²) in [5, 5.41) is 0. The average molecular weight is 282 g/mol. The molecule has 0 spiro atoms. The fourth-order valence-electron chi connectivity index (χ4n) is 2.80. The lowest BCUT2D eigenvalue weighted by Crippen LogP contribution is -2.35. The molecule has 0 bridgehead atoms. The van der Waals surface area contributed by atoms with Crippen LogP contribution in [0, 0.1) is 5.41 Å². The van der Waals surface area contributed by atoms with Gasteiger partial charge in [-0.15, -0.1) is 0 Å². The summed E-state index contributed by atoms with van der Waals surface area (Å²) in [6.07, 6.45) is 7.81. The Morgan fingerprint density at radius 1 is 1.12 bits per heavy atom. The number of benzene rings is 1. The van der Waals surface area contributed by atoms with Crippen molar-refractivity contribution in [1.82, 2.24) is 0 Å². The molecule has 2 rings (SSSR count). The fraction of sp³-hybridized carbons (Fsp3) is 0.571. The summed E-state index contributed by atoms with van der Waals surface area (Å²) in [7, 11) is 0. The van der Waals surface area contributed by atoms with Gasteiger partial charge in [0, 0.05) is 4.47 Å². The molecule has 0 radical (unpaired) electrons. The van der Waals surface area contributed by atoms with Crippen molar-refractivity contribution in [2.45, 2.75) is 38.5 Å². The number of halogens is 1. The quantitative estimate of drug-likeness (QED) is 0.894. The van der Waals surface area contributed by atoms with Gasteiger partial charge in [0.1, 0.15) is 0 Å². The first-order chi connectivity index (χ1) is 7.76. The van der Waals surface area contributed by atoms with Crippen LogP contribution in [0.5, 0.6) is 0 Å². The molecule has 1 aromatic rings. The first-order valence-electron chi connectivity index (χ1n) is 6.19. The van der Waals surface area contributed by atoms with Crippen LogP contribution >= 0.6 is 15.9 Å². The third kappa shape index (κ3) is 2.67. The predicted molar refractivity (Wildman–Crippen MR) is 72.4 cm³/mol. The third-order valence-corrected chi connectivity index (χ3v) is 4.64. The Labute approximate surface area is 107 Å². The Kier molecular flexibility index (Phi) is 4.04. The average Bonchev–Trinajstić information content (AvgIpc) is 2.33. The maximum atomic E-state index is 6.02. The normalized spacial score (nSPS) is 19.6. The number of hydrogen-bond donors (Lipinski definition) is 1. The summed E-state index contributed by atoms with van der Waals surface area (Å²) in [6, 6.07) is 8.54. The van der Waals surface area contributed by atoms with Gasteiger partial charge in [0.25, 0.3) is 0 Å². The summed E-state index contributed by atoms with van der Waals surface area (Å²) in [5.41, 5.74) is 7.80. The number of nitrogens with two attached hydrogens (primary N) is 1. The van der Waals surface area contributed by atoms with E-state index in [4.69, 9.17) is 5.73 Å². The molecule has 2 N–H and O–H groups in total. The van der Waals surface area contributed by atoms with Crippen molar-refractivity contribution >= 4 is 15.9 Å². The molecule has 0 amide bonds. The van der Waals surface area contributed by atoms with Gasteiger partial charge < -0.3 is 5.73 Å². The third-order valence-electron chi connectivity index (χ3n) is 3.87. The van der Waals surface area contributed by atoms with Crippen molar-refractivity contribution in [3.8, 4) is 0 Å². The lowest BCUT2D eigenvalue weighted by molar-refractivity contribution is 0.197. The highest BCUT2D eigenvalue weighted by Crippen LogP contribution is 2.39. The molecule has 1 aromatic carbocycles. The van der Waals surface area contributed by atoms with Gasteiger partial charge in [-0.3, -0.25) is 0 Å². The first-order valence-corrected chi connectivity index (χ1v) is 6.99. The molecule has 0 atom stereocenters. The molecule has 16 heavy (non-hydrogen) atoms. The van der Waals surface area contributed by atoms with Gasteiger partial charge in [-0.05, 0) is 42.9 Å². The summed E-state index contributed by atoms with van der Waals surface area (Å²) < 4.78 is 1.23. The Morgan fingerprint density at radius 2 is 1.81 bits per heavy atom. The van der Waals surface area contributed by atoms with E-state index in [0.717, 1.165) is 13.0 Å². The molecule has 0 aromatic heterocycles. The molecule has 1 aliphatic rings. The zero-order chi connectivity index (χ0) is 11.4. The van der Waals surface area contributed by atoms with Gasteiger partial charge in [0.2, 0.25) is 0 Å². The van der Waals surface area contributed by atoms with Crippen LogP contribution in [-0.4, -0.2) is 6.54 Å². The number of rotatable bonds is 3. The highest BCUT2D eigenvalue weighted by Gasteiger charge is 2.31. The second kappa shape index (κ2) is 5.33. The van der Waals surface area contributed by atoms with Gasteiger partial charge >= 0.3 is 0 Å². The van der Waals surface area contributed by atoms with E-state index in [-0.39, 0.29) is 0 Å². The van der Waals surface area contributed by atoms with Crippen LogP contribution in [0.1, 0.15) is 37.7 Å². The zero-order valence-corrected chi connectivity index (χ0v) is 11.3. The van der Waals surface area contributed by atoms with Gasteiger partial charge in [-0.25, -0.2) is 0 Å². The van der Waals surface area contributed by atoms with Gasteiger partial charge in [-0.2, -0.15) is 0 Å². The highest BCUT2D eigenvalue weighted by molar-refractivity contribution is 9.10. The van der Waals surface area contributed by atoms with Crippen molar-refractivity contribution in [1.29, 1.82) is 0 Å². The van der Waals surface area contributed by atoms with E-state index >= 15 is 0 Å². The second-order valence-electron chi connectivity index (χ2n) is 5.03. The first kappa shape index (κ1) is 12.1. The lowest BCUT2D eigenvalue weighted by atomic mass is 9.70. The van der Waals surface area contributed by atoms with E-state index in [1.165, 1.54) is 42.1 Å². The SMILES string of the molecule is NCC1(Cc2ccccc2Br)CCCCC1. The second-order valence-corrected chi connectivity index (χ2v) is 5.89. The van der Waals surface area contributed by atoms with Crippen molar-refractivity contribution in [3.63, 3.8) is 0 Å². The van der Waals surface area contributed by atoms with Crippen molar-refractivity contribution in [2.24, 2.45) is 11.1 Å². The van der Waals surface area contributed by atoms with E-state index in [9.17, 15) is 0 Å². The summed E-state index contributed by atoms with van der Waals surface area (Å²) >= 11 is 3.64. The fourth-order valence-corrected chi connectivity index (χ4v) is 3.23. The van der Waals surface area contributed by atoms with E-state index < -0.39 is 0 Å². The molecule has 1 saturated carbocycles. The smallest absolute Gasteiger partial charge is 0.0207 e. The van der Waals surface area contributed by atoms with E-state index in [1.54, 1.807) is 0 Å². The summed E-state index contributed by atoms with van der Waals surface area (Å²) in [4.78, 5) is 0. The van der Waals surface area contributed by atoms with Crippen molar-refractivity contribution < 1.29 is 0 Å². The van der Waals surface area contributed by atoms with Crippen LogP contribution in [0.3, 0.4) is 0 Å². The van der Waals surface area contributed by atoms with Crippen LogP contribution < -0.4 is 5.73 Å². The Hall–Kier alpha value is -0.340. The Balaban J connectivity index is 2.15. The molecule has 1 fully saturated rings. The van der Waals surface area contributed by atoms with Gasteiger partial charge in [0.15, 0.2) is 0 Å². The van der Waals surface area contributed by atoms with Gasteiger partial charge in [0.05, 0.1) is 0 Å². The van der Waals surface area contributed by atoms with Crippen LogP contribution in [-0.2, 0) is 6.42 Å².